The van der Waals surface area contributed by atoms with Crippen molar-refractivity contribution < 1.29 is 4.79 Å². The van der Waals surface area contributed by atoms with E-state index in [-0.39, 0.29) is 11.8 Å². The molecule has 0 saturated heterocycles. The number of carbonyl (C=O) groups is 1. The van der Waals surface area contributed by atoms with Crippen LogP contribution in [-0.4, -0.2) is 22.4 Å². The zero-order chi connectivity index (χ0) is 12.0. The first kappa shape index (κ1) is 12.7. The Morgan fingerprint density at radius 1 is 1.62 bits per heavy atom. The fraction of sp³-hybridized carbons (Fsp3) is 0.636. The highest BCUT2D eigenvalue weighted by atomic mass is 16.1. The topological polar surface area (TPSA) is 83.8 Å². The van der Waals surface area contributed by atoms with Crippen LogP contribution >= 0.6 is 0 Å². The van der Waals surface area contributed by atoms with Gasteiger partial charge in [0.1, 0.15) is 0 Å². The van der Waals surface area contributed by atoms with Gasteiger partial charge in [0.15, 0.2) is 0 Å². The maximum absolute atomic E-state index is 11.6. The molecule has 90 valence electrons. The molecule has 1 amide bonds. The number of hydrogen-bond donors (Lipinski definition) is 3. The van der Waals surface area contributed by atoms with Crippen molar-refractivity contribution in [1.82, 2.24) is 9.97 Å². The standard InChI is InChI=1S/C11H20N4O/c1-8(2)5-9(7-12)6-10(16)15-11-13-3-4-14-11/h3-4,8-9H,5-7,12H2,1-2H3,(H2,13,14,15,16)/t9-/m0/s1. The van der Waals surface area contributed by atoms with E-state index in [1.807, 2.05) is 0 Å². The Balaban J connectivity index is 2.37. The minimum atomic E-state index is -0.0361. The van der Waals surface area contributed by atoms with Crippen LogP contribution in [0.4, 0.5) is 5.95 Å². The highest BCUT2D eigenvalue weighted by molar-refractivity contribution is 5.89. The largest absolute Gasteiger partial charge is 0.331 e. The molecule has 4 N–H and O–H groups in total. The lowest BCUT2D eigenvalue weighted by Gasteiger charge is -2.15. The van der Waals surface area contributed by atoms with Crippen LogP contribution < -0.4 is 11.1 Å². The Labute approximate surface area is 95.8 Å². The van der Waals surface area contributed by atoms with Crippen LogP contribution in [0.1, 0.15) is 26.7 Å². The Hall–Kier alpha value is -1.36. The van der Waals surface area contributed by atoms with Gasteiger partial charge in [-0.2, -0.15) is 0 Å². The molecule has 1 heterocycles. The smallest absolute Gasteiger partial charge is 0.227 e. The number of carbonyl (C=O) groups excluding carboxylic acids is 1. The SMILES string of the molecule is CC(C)C[C@H](CN)CC(=O)Nc1ncc[nH]1. The van der Waals surface area contributed by atoms with E-state index in [9.17, 15) is 4.79 Å². The van der Waals surface area contributed by atoms with Crippen molar-refractivity contribution in [2.45, 2.75) is 26.7 Å². The van der Waals surface area contributed by atoms with Gasteiger partial charge < -0.3 is 10.7 Å². The number of aromatic nitrogens is 2. The zero-order valence-corrected chi connectivity index (χ0v) is 9.86. The van der Waals surface area contributed by atoms with Gasteiger partial charge in [0, 0.05) is 18.8 Å². The molecule has 1 aromatic heterocycles. The number of nitrogens with two attached hydrogens (primary N) is 1. The number of aromatic amines is 1. The molecule has 0 spiro atoms. The van der Waals surface area contributed by atoms with Gasteiger partial charge in [0.2, 0.25) is 11.9 Å². The van der Waals surface area contributed by atoms with E-state index in [2.05, 4.69) is 29.1 Å². The number of hydrogen-bond acceptors (Lipinski definition) is 3. The van der Waals surface area contributed by atoms with E-state index in [1.54, 1.807) is 12.4 Å². The summed E-state index contributed by atoms with van der Waals surface area (Å²) < 4.78 is 0. The summed E-state index contributed by atoms with van der Waals surface area (Å²) in [6.45, 7) is 4.81. The van der Waals surface area contributed by atoms with Crippen molar-refractivity contribution in [2.24, 2.45) is 17.6 Å². The van der Waals surface area contributed by atoms with Gasteiger partial charge in [-0.25, -0.2) is 4.98 Å². The van der Waals surface area contributed by atoms with Crippen molar-refractivity contribution in [2.75, 3.05) is 11.9 Å². The average Bonchev–Trinajstić information content (AvgIpc) is 2.68. The van der Waals surface area contributed by atoms with Crippen molar-refractivity contribution in [3.05, 3.63) is 12.4 Å². The van der Waals surface area contributed by atoms with Crippen molar-refractivity contribution in [3.8, 4) is 0 Å². The van der Waals surface area contributed by atoms with Gasteiger partial charge in [0.05, 0.1) is 0 Å². The Morgan fingerprint density at radius 2 is 2.38 bits per heavy atom. The second-order valence-corrected chi connectivity index (χ2v) is 4.42. The van der Waals surface area contributed by atoms with Crippen molar-refractivity contribution in [1.29, 1.82) is 0 Å². The summed E-state index contributed by atoms with van der Waals surface area (Å²) in [5, 5.41) is 2.70. The van der Waals surface area contributed by atoms with Gasteiger partial charge in [-0.1, -0.05) is 13.8 Å². The van der Waals surface area contributed by atoms with Crippen LogP contribution in [0.5, 0.6) is 0 Å². The number of anilines is 1. The van der Waals surface area contributed by atoms with Gasteiger partial charge >= 0.3 is 0 Å². The van der Waals surface area contributed by atoms with E-state index in [4.69, 9.17) is 5.73 Å². The minimum Gasteiger partial charge on any atom is -0.331 e. The van der Waals surface area contributed by atoms with Gasteiger partial charge in [-0.15, -0.1) is 0 Å². The highest BCUT2D eigenvalue weighted by Gasteiger charge is 2.14. The van der Waals surface area contributed by atoms with Gasteiger partial charge in [-0.05, 0) is 24.8 Å². The van der Waals surface area contributed by atoms with Crippen molar-refractivity contribution >= 4 is 11.9 Å². The lowest BCUT2D eigenvalue weighted by molar-refractivity contribution is -0.117. The van der Waals surface area contributed by atoms with E-state index in [0.29, 0.717) is 24.8 Å². The third-order valence-corrected chi connectivity index (χ3v) is 2.37. The summed E-state index contributed by atoms with van der Waals surface area (Å²) in [5.74, 6) is 1.26. The Bertz CT molecular complexity index is 308. The molecule has 0 saturated carbocycles. The Kier molecular flexibility index (Phi) is 4.98. The molecule has 5 nitrogen and oxygen atoms in total. The van der Waals surface area contributed by atoms with Crippen LogP contribution in [0.3, 0.4) is 0 Å². The predicted octanol–water partition coefficient (Wildman–Crippen LogP) is 1.36. The van der Waals surface area contributed by atoms with Gasteiger partial charge in [-0.3, -0.25) is 10.1 Å². The van der Waals surface area contributed by atoms with Crippen LogP contribution in [0, 0.1) is 11.8 Å². The molecule has 5 heteroatoms. The fourth-order valence-electron chi connectivity index (χ4n) is 1.71. The number of imidazole rings is 1. The monoisotopic (exact) mass is 224 g/mol. The summed E-state index contributed by atoms with van der Waals surface area (Å²) in [6.07, 6.45) is 4.70. The predicted molar refractivity (Wildman–Crippen MR) is 63.8 cm³/mol. The molecule has 16 heavy (non-hydrogen) atoms. The Morgan fingerprint density at radius 3 is 2.88 bits per heavy atom. The number of nitrogens with zero attached hydrogens (tertiary/aromatic N) is 1. The molecule has 0 unspecified atom stereocenters. The van der Waals surface area contributed by atoms with E-state index >= 15 is 0 Å². The van der Waals surface area contributed by atoms with Gasteiger partial charge in [0.25, 0.3) is 0 Å². The lowest BCUT2D eigenvalue weighted by Crippen LogP contribution is -2.23. The summed E-state index contributed by atoms with van der Waals surface area (Å²) in [5.41, 5.74) is 5.64. The first-order valence-corrected chi connectivity index (χ1v) is 5.61. The van der Waals surface area contributed by atoms with Crippen LogP contribution in [-0.2, 0) is 4.79 Å². The van der Waals surface area contributed by atoms with E-state index in [0.717, 1.165) is 6.42 Å². The van der Waals surface area contributed by atoms with E-state index in [1.165, 1.54) is 0 Å². The molecule has 0 radical (unpaired) electrons. The maximum Gasteiger partial charge on any atom is 0.227 e. The molecular weight excluding hydrogens is 204 g/mol. The second-order valence-electron chi connectivity index (χ2n) is 4.42. The first-order chi connectivity index (χ1) is 7.61. The molecule has 0 fully saturated rings. The summed E-state index contributed by atoms with van der Waals surface area (Å²) in [4.78, 5) is 18.4. The molecule has 1 rings (SSSR count). The van der Waals surface area contributed by atoms with Crippen LogP contribution in [0.2, 0.25) is 0 Å². The third-order valence-electron chi connectivity index (χ3n) is 2.37. The summed E-state index contributed by atoms with van der Waals surface area (Å²) >= 11 is 0. The molecule has 0 aromatic carbocycles. The highest BCUT2D eigenvalue weighted by Crippen LogP contribution is 2.14. The lowest BCUT2D eigenvalue weighted by atomic mass is 9.94. The quantitative estimate of drug-likeness (QED) is 0.682. The minimum absolute atomic E-state index is 0.0361. The summed E-state index contributed by atoms with van der Waals surface area (Å²) in [7, 11) is 0. The molecule has 0 aliphatic carbocycles. The zero-order valence-electron chi connectivity index (χ0n) is 9.86. The summed E-state index contributed by atoms with van der Waals surface area (Å²) in [6, 6.07) is 0. The molecule has 1 atom stereocenters. The van der Waals surface area contributed by atoms with Crippen molar-refractivity contribution in [3.63, 3.8) is 0 Å². The fourth-order valence-corrected chi connectivity index (χ4v) is 1.71. The average molecular weight is 224 g/mol. The third kappa shape index (κ3) is 4.44. The second kappa shape index (κ2) is 6.27. The number of H-pyrrole nitrogens is 1. The maximum atomic E-state index is 11.6. The first-order valence-electron chi connectivity index (χ1n) is 5.61. The van der Waals surface area contributed by atoms with Crippen LogP contribution in [0.15, 0.2) is 12.4 Å². The number of nitrogens with one attached hydrogen (secondary N) is 2. The molecular formula is C11H20N4O. The normalized spacial score (nSPS) is 12.8. The molecule has 0 aliphatic heterocycles. The van der Waals surface area contributed by atoms with E-state index < -0.39 is 0 Å². The van der Waals surface area contributed by atoms with Crippen LogP contribution in [0.25, 0.3) is 0 Å². The molecule has 0 bridgehead atoms. The molecule has 1 aromatic rings. The number of amides is 1. The molecule has 0 aliphatic rings. The number of rotatable bonds is 6.